The van der Waals surface area contributed by atoms with Crippen LogP contribution in [0.5, 0.6) is 0 Å². The Morgan fingerprint density at radius 3 is 2.24 bits per heavy atom. The van der Waals surface area contributed by atoms with E-state index in [-0.39, 0.29) is 5.75 Å². The molecule has 0 aliphatic rings. The van der Waals surface area contributed by atoms with Gasteiger partial charge in [0.15, 0.2) is 13.5 Å². The number of aliphatic hydroxyl groups is 1. The summed E-state index contributed by atoms with van der Waals surface area (Å²) in [5, 5.41) is 10.2. The number of aliphatic hydroxyl groups excluding tert-OH is 1. The van der Waals surface area contributed by atoms with Crippen molar-refractivity contribution >= 4 is 41.7 Å². The number of hydrogen-bond donors (Lipinski definition) is 1. The van der Waals surface area contributed by atoms with E-state index in [4.69, 9.17) is 0 Å². The molecule has 17 heavy (non-hydrogen) atoms. The van der Waals surface area contributed by atoms with Crippen LogP contribution in [0.25, 0.3) is 0 Å². The minimum absolute atomic E-state index is 0.0255. The van der Waals surface area contributed by atoms with Gasteiger partial charge in [-0.25, -0.2) is 8.42 Å². The van der Waals surface area contributed by atoms with Gasteiger partial charge in [-0.15, -0.1) is 0 Å². The predicted octanol–water partition coefficient (Wildman–Crippen LogP) is 3.03. The molecule has 1 N–H and O–H groups in total. The van der Waals surface area contributed by atoms with E-state index < -0.39 is 19.6 Å². The molecule has 1 aromatic rings. The highest BCUT2D eigenvalue weighted by molar-refractivity contribution is 9.11. The number of rotatable bonds is 4. The molecule has 0 fully saturated rings. The fraction of sp³-hybridized carbons (Fsp3) is 0.455. The van der Waals surface area contributed by atoms with Crippen LogP contribution in [-0.2, 0) is 9.84 Å². The zero-order valence-corrected chi connectivity index (χ0v) is 13.5. The Bertz CT molecular complexity index is 480. The molecule has 0 spiro atoms. The van der Waals surface area contributed by atoms with Crippen molar-refractivity contribution in [3.63, 3.8) is 0 Å². The largest absolute Gasteiger partial charge is 0.386 e. The van der Waals surface area contributed by atoms with E-state index in [2.05, 4.69) is 31.9 Å². The second kappa shape index (κ2) is 5.38. The summed E-state index contributed by atoms with van der Waals surface area (Å²) in [6, 6.07) is 6.92. The molecule has 1 aromatic carbocycles. The van der Waals surface area contributed by atoms with Crippen LogP contribution in [0, 0.1) is 0 Å². The lowest BCUT2D eigenvalue weighted by Gasteiger charge is -2.28. The van der Waals surface area contributed by atoms with Crippen LogP contribution in [0.4, 0.5) is 0 Å². The zero-order chi connectivity index (χ0) is 13.3. The van der Waals surface area contributed by atoms with E-state index in [0.717, 1.165) is 4.47 Å². The van der Waals surface area contributed by atoms with Gasteiger partial charge in [-0.2, -0.15) is 0 Å². The topological polar surface area (TPSA) is 54.4 Å². The van der Waals surface area contributed by atoms with Gasteiger partial charge in [0.05, 0.1) is 0 Å². The van der Waals surface area contributed by atoms with Crippen LogP contribution >= 0.6 is 31.9 Å². The third-order valence-corrected chi connectivity index (χ3v) is 7.30. The Hall–Kier alpha value is 0.0900. The van der Waals surface area contributed by atoms with Crippen LogP contribution < -0.4 is 0 Å². The van der Waals surface area contributed by atoms with E-state index in [1.54, 1.807) is 31.2 Å². The van der Waals surface area contributed by atoms with Crippen molar-refractivity contribution in [2.24, 2.45) is 0 Å². The van der Waals surface area contributed by atoms with Gasteiger partial charge in [-0.05, 0) is 24.6 Å². The standard InChI is InChI=1S/C11H14Br2O3S/c1-3-17(15,16)11(2,13)10(14)8-4-6-9(12)7-5-8/h4-7,10,14H,3H2,1-2H3/t10-,11-/m1/s1. The van der Waals surface area contributed by atoms with Gasteiger partial charge in [0, 0.05) is 10.2 Å². The average molecular weight is 386 g/mol. The zero-order valence-electron chi connectivity index (χ0n) is 9.52. The van der Waals surface area contributed by atoms with Crippen molar-refractivity contribution < 1.29 is 13.5 Å². The van der Waals surface area contributed by atoms with Crippen LogP contribution in [0.2, 0.25) is 0 Å². The van der Waals surface area contributed by atoms with Crippen molar-refractivity contribution in [3.8, 4) is 0 Å². The Morgan fingerprint density at radius 1 is 1.35 bits per heavy atom. The molecule has 0 unspecified atom stereocenters. The quantitative estimate of drug-likeness (QED) is 0.810. The summed E-state index contributed by atoms with van der Waals surface area (Å²) in [6.45, 7) is 3.03. The number of alkyl halides is 1. The minimum Gasteiger partial charge on any atom is -0.386 e. The maximum absolute atomic E-state index is 11.9. The normalized spacial score (nSPS) is 17.5. The molecule has 0 aliphatic heterocycles. The predicted molar refractivity (Wildman–Crippen MR) is 75.9 cm³/mol. The molecule has 0 radical (unpaired) electrons. The van der Waals surface area contributed by atoms with E-state index in [0.29, 0.717) is 5.56 Å². The molecular weight excluding hydrogens is 372 g/mol. The fourth-order valence-corrected chi connectivity index (χ4v) is 3.65. The first kappa shape index (κ1) is 15.1. The van der Waals surface area contributed by atoms with Crippen LogP contribution in [0.15, 0.2) is 28.7 Å². The van der Waals surface area contributed by atoms with Gasteiger partial charge < -0.3 is 5.11 Å². The summed E-state index contributed by atoms with van der Waals surface area (Å²) in [5.41, 5.74) is 0.560. The van der Waals surface area contributed by atoms with Crippen molar-refractivity contribution in [3.05, 3.63) is 34.3 Å². The molecule has 0 saturated heterocycles. The van der Waals surface area contributed by atoms with E-state index in [9.17, 15) is 13.5 Å². The van der Waals surface area contributed by atoms with Gasteiger partial charge >= 0.3 is 0 Å². The Kier molecular flexibility index (Phi) is 4.80. The van der Waals surface area contributed by atoms with Gasteiger partial charge in [0.2, 0.25) is 0 Å². The smallest absolute Gasteiger partial charge is 0.168 e. The molecule has 2 atom stereocenters. The van der Waals surface area contributed by atoms with Crippen molar-refractivity contribution in [1.82, 2.24) is 0 Å². The lowest BCUT2D eigenvalue weighted by molar-refractivity contribution is 0.167. The van der Waals surface area contributed by atoms with Crippen molar-refractivity contribution in [2.45, 2.75) is 23.6 Å². The maximum atomic E-state index is 11.9. The van der Waals surface area contributed by atoms with Crippen LogP contribution in [0.3, 0.4) is 0 Å². The fourth-order valence-electron chi connectivity index (χ4n) is 1.40. The highest BCUT2D eigenvalue weighted by Gasteiger charge is 2.42. The monoisotopic (exact) mass is 384 g/mol. The second-order valence-electron chi connectivity index (χ2n) is 3.84. The first-order chi connectivity index (χ1) is 7.72. The summed E-state index contributed by atoms with van der Waals surface area (Å²) >= 11 is 6.42. The highest BCUT2D eigenvalue weighted by Crippen LogP contribution is 2.39. The maximum Gasteiger partial charge on any atom is 0.168 e. The van der Waals surface area contributed by atoms with Crippen molar-refractivity contribution in [2.75, 3.05) is 5.75 Å². The van der Waals surface area contributed by atoms with Gasteiger partial charge in [-0.3, -0.25) is 0 Å². The first-order valence-electron chi connectivity index (χ1n) is 5.07. The Morgan fingerprint density at radius 2 is 1.82 bits per heavy atom. The summed E-state index contributed by atoms with van der Waals surface area (Å²) in [6.07, 6.45) is -1.11. The highest BCUT2D eigenvalue weighted by atomic mass is 79.9. The van der Waals surface area contributed by atoms with E-state index in [1.807, 2.05) is 0 Å². The molecule has 0 aromatic heterocycles. The van der Waals surface area contributed by atoms with Crippen LogP contribution in [0.1, 0.15) is 25.5 Å². The first-order valence-corrected chi connectivity index (χ1v) is 8.31. The van der Waals surface area contributed by atoms with Crippen LogP contribution in [-0.4, -0.2) is 22.9 Å². The lowest BCUT2D eigenvalue weighted by Crippen LogP contribution is -2.36. The molecule has 0 amide bonds. The molecule has 1 rings (SSSR count). The summed E-state index contributed by atoms with van der Waals surface area (Å²) in [7, 11) is -3.40. The minimum atomic E-state index is -3.40. The van der Waals surface area contributed by atoms with E-state index in [1.165, 1.54) is 6.92 Å². The number of sulfone groups is 1. The Balaban J connectivity index is 3.12. The second-order valence-corrected chi connectivity index (χ2v) is 9.59. The molecular formula is C11H14Br2O3S. The molecule has 0 aliphatic carbocycles. The SMILES string of the molecule is CCS(=O)(=O)[C@@](C)(Br)[C@H](O)c1ccc(Br)cc1. The number of hydrogen-bond acceptors (Lipinski definition) is 3. The molecule has 0 saturated carbocycles. The summed E-state index contributed by atoms with van der Waals surface area (Å²) < 4.78 is 23.3. The number of halogens is 2. The van der Waals surface area contributed by atoms with Crippen molar-refractivity contribution in [1.29, 1.82) is 0 Å². The molecule has 6 heteroatoms. The summed E-state index contributed by atoms with van der Waals surface area (Å²) in [5.74, 6) is -0.0255. The molecule has 96 valence electrons. The lowest BCUT2D eigenvalue weighted by atomic mass is 10.1. The summed E-state index contributed by atoms with van der Waals surface area (Å²) in [4.78, 5) is 0. The average Bonchev–Trinajstić information content (AvgIpc) is 2.28. The van der Waals surface area contributed by atoms with Gasteiger partial charge in [-0.1, -0.05) is 50.9 Å². The molecule has 3 nitrogen and oxygen atoms in total. The third kappa shape index (κ3) is 3.10. The van der Waals surface area contributed by atoms with Gasteiger partial charge in [0.25, 0.3) is 0 Å². The Labute approximate surface area is 118 Å². The molecule has 0 heterocycles. The third-order valence-electron chi connectivity index (χ3n) is 2.66. The van der Waals surface area contributed by atoms with Gasteiger partial charge in [0.1, 0.15) is 6.10 Å². The number of benzene rings is 1. The molecule has 0 bridgehead atoms. The van der Waals surface area contributed by atoms with E-state index >= 15 is 0 Å².